The Morgan fingerprint density at radius 1 is 1.25 bits per heavy atom. The molecule has 5 nitrogen and oxygen atoms in total. The molecule has 24 heavy (non-hydrogen) atoms. The lowest BCUT2D eigenvalue weighted by atomic mass is 9.95. The van der Waals surface area contributed by atoms with E-state index in [2.05, 4.69) is 32.9 Å². The lowest BCUT2D eigenvalue weighted by molar-refractivity contribution is -0.121. The summed E-state index contributed by atoms with van der Waals surface area (Å²) < 4.78 is 1.11. The second-order valence-corrected chi connectivity index (χ2v) is 7.96. The number of halogens is 1. The second-order valence-electron chi connectivity index (χ2n) is 5.86. The Hall–Kier alpha value is -1.48. The van der Waals surface area contributed by atoms with E-state index in [0.717, 1.165) is 9.26 Å². The molecular weight excluding hydrogens is 437 g/mol. The lowest BCUT2D eigenvalue weighted by Gasteiger charge is -2.31. The first-order valence-corrected chi connectivity index (χ1v) is 9.76. The van der Waals surface area contributed by atoms with E-state index in [1.807, 2.05) is 41.5 Å². The van der Waals surface area contributed by atoms with Crippen LogP contribution in [0.1, 0.15) is 28.9 Å². The molecule has 0 bridgehead atoms. The van der Waals surface area contributed by atoms with E-state index in [-0.39, 0.29) is 17.7 Å². The largest absolute Gasteiger partial charge is 0.339 e. The molecule has 1 aliphatic heterocycles. The highest BCUT2D eigenvalue weighted by Gasteiger charge is 2.28. The van der Waals surface area contributed by atoms with E-state index < -0.39 is 0 Å². The Bertz CT molecular complexity index is 737. The molecule has 0 unspecified atom stereocenters. The summed E-state index contributed by atoms with van der Waals surface area (Å²) in [7, 11) is 0. The Balaban J connectivity index is 1.54. The number of piperidine rings is 1. The Morgan fingerprint density at radius 2 is 1.92 bits per heavy atom. The van der Waals surface area contributed by atoms with Gasteiger partial charge in [0.25, 0.3) is 5.91 Å². The highest BCUT2D eigenvalue weighted by atomic mass is 127. The van der Waals surface area contributed by atoms with Gasteiger partial charge in [0.1, 0.15) is 0 Å². The number of benzene rings is 1. The van der Waals surface area contributed by atoms with Gasteiger partial charge in [-0.2, -0.15) is 0 Å². The van der Waals surface area contributed by atoms with E-state index in [0.29, 0.717) is 36.6 Å². The zero-order valence-electron chi connectivity index (χ0n) is 13.3. The van der Waals surface area contributed by atoms with Gasteiger partial charge in [-0.1, -0.05) is 0 Å². The number of hydrogen-bond acceptors (Lipinski definition) is 4. The third-order valence-corrected chi connectivity index (χ3v) is 5.69. The van der Waals surface area contributed by atoms with Crippen molar-refractivity contribution in [2.45, 2.75) is 19.8 Å². The van der Waals surface area contributed by atoms with Gasteiger partial charge < -0.3 is 10.2 Å². The molecule has 0 saturated carbocycles. The number of likely N-dealkylation sites (tertiary alicyclic amines) is 1. The standard InChI is InChI=1S/C17H18IN3O2S/c1-11-10-24-17(19-11)20-15(22)12-6-8-21(9-7-12)16(23)13-2-4-14(18)5-3-13/h2-5,10,12H,6-9H2,1H3,(H,19,20,22). The van der Waals surface area contributed by atoms with Crippen LogP contribution >= 0.6 is 33.9 Å². The number of anilines is 1. The summed E-state index contributed by atoms with van der Waals surface area (Å²) in [5.74, 6) is -0.0125. The first-order valence-electron chi connectivity index (χ1n) is 7.81. The summed E-state index contributed by atoms with van der Waals surface area (Å²) in [5.41, 5.74) is 1.62. The number of nitrogens with one attached hydrogen (secondary N) is 1. The van der Waals surface area contributed by atoms with E-state index in [9.17, 15) is 9.59 Å². The first-order chi connectivity index (χ1) is 11.5. The zero-order valence-corrected chi connectivity index (χ0v) is 16.3. The van der Waals surface area contributed by atoms with Crippen LogP contribution in [-0.4, -0.2) is 34.8 Å². The molecule has 1 N–H and O–H groups in total. The molecule has 1 saturated heterocycles. The molecule has 3 rings (SSSR count). The third kappa shape index (κ3) is 4.13. The second kappa shape index (κ2) is 7.60. The van der Waals surface area contributed by atoms with Crippen LogP contribution < -0.4 is 5.32 Å². The van der Waals surface area contributed by atoms with E-state index >= 15 is 0 Å². The van der Waals surface area contributed by atoms with Crippen molar-refractivity contribution in [1.29, 1.82) is 0 Å². The molecule has 2 heterocycles. The molecule has 2 amide bonds. The van der Waals surface area contributed by atoms with E-state index in [4.69, 9.17) is 0 Å². The van der Waals surface area contributed by atoms with E-state index in [1.165, 1.54) is 11.3 Å². The fourth-order valence-corrected chi connectivity index (χ4v) is 3.79. The van der Waals surface area contributed by atoms with Crippen LogP contribution in [0.2, 0.25) is 0 Å². The summed E-state index contributed by atoms with van der Waals surface area (Å²) in [6.07, 6.45) is 1.37. The smallest absolute Gasteiger partial charge is 0.253 e. The summed E-state index contributed by atoms with van der Waals surface area (Å²) >= 11 is 3.66. The Morgan fingerprint density at radius 3 is 2.50 bits per heavy atom. The van der Waals surface area contributed by atoms with Gasteiger partial charge in [0.15, 0.2) is 5.13 Å². The summed E-state index contributed by atoms with van der Waals surface area (Å²) in [5, 5.41) is 5.44. The molecule has 0 spiro atoms. The van der Waals surface area contributed by atoms with Gasteiger partial charge in [-0.3, -0.25) is 9.59 Å². The van der Waals surface area contributed by atoms with Crippen LogP contribution in [0.4, 0.5) is 5.13 Å². The van der Waals surface area contributed by atoms with Crippen LogP contribution in [0.5, 0.6) is 0 Å². The van der Waals surface area contributed by atoms with Gasteiger partial charge in [0, 0.05) is 33.5 Å². The van der Waals surface area contributed by atoms with Crippen molar-refractivity contribution in [3.63, 3.8) is 0 Å². The molecule has 1 fully saturated rings. The van der Waals surface area contributed by atoms with Gasteiger partial charge in [0.05, 0.1) is 5.69 Å². The van der Waals surface area contributed by atoms with Crippen LogP contribution in [0, 0.1) is 16.4 Å². The fraction of sp³-hybridized carbons (Fsp3) is 0.353. The molecule has 7 heteroatoms. The average molecular weight is 455 g/mol. The number of nitrogens with zero attached hydrogens (tertiary/aromatic N) is 2. The SMILES string of the molecule is Cc1csc(NC(=O)C2CCN(C(=O)c3ccc(I)cc3)CC2)n1. The number of aryl methyl sites for hydroxylation is 1. The molecule has 1 aliphatic rings. The predicted molar refractivity (Wildman–Crippen MR) is 103 cm³/mol. The molecule has 2 aromatic rings. The van der Waals surface area contributed by atoms with Crippen molar-refractivity contribution >= 4 is 50.9 Å². The summed E-state index contributed by atoms with van der Waals surface area (Å²) in [6.45, 7) is 3.13. The minimum Gasteiger partial charge on any atom is -0.339 e. The van der Waals surface area contributed by atoms with Gasteiger partial charge in [-0.25, -0.2) is 4.98 Å². The number of rotatable bonds is 3. The minimum atomic E-state index is -0.0602. The molecule has 126 valence electrons. The van der Waals surface area contributed by atoms with Crippen LogP contribution in [-0.2, 0) is 4.79 Å². The van der Waals surface area contributed by atoms with Crippen molar-refractivity contribution in [3.8, 4) is 0 Å². The lowest BCUT2D eigenvalue weighted by Crippen LogP contribution is -2.41. The number of amides is 2. The predicted octanol–water partition coefficient (Wildman–Crippen LogP) is 3.55. The van der Waals surface area contributed by atoms with Crippen molar-refractivity contribution in [1.82, 2.24) is 9.88 Å². The van der Waals surface area contributed by atoms with Gasteiger partial charge in [-0.05, 0) is 66.6 Å². The first kappa shape index (κ1) is 17.3. The number of hydrogen-bond donors (Lipinski definition) is 1. The zero-order chi connectivity index (χ0) is 17.1. The number of carbonyl (C=O) groups is 2. The minimum absolute atomic E-state index is 0.00529. The Kier molecular flexibility index (Phi) is 5.50. The molecule has 1 aromatic carbocycles. The maximum absolute atomic E-state index is 12.5. The van der Waals surface area contributed by atoms with Gasteiger partial charge >= 0.3 is 0 Å². The molecule has 0 radical (unpaired) electrons. The summed E-state index contributed by atoms with van der Waals surface area (Å²) in [6, 6.07) is 7.58. The van der Waals surface area contributed by atoms with Crippen molar-refractivity contribution in [2.75, 3.05) is 18.4 Å². The maximum atomic E-state index is 12.5. The molecule has 0 atom stereocenters. The van der Waals surface area contributed by atoms with Crippen LogP contribution in [0.25, 0.3) is 0 Å². The highest BCUT2D eigenvalue weighted by molar-refractivity contribution is 14.1. The normalized spacial score (nSPS) is 15.3. The third-order valence-electron chi connectivity index (χ3n) is 4.09. The summed E-state index contributed by atoms with van der Waals surface area (Å²) in [4.78, 5) is 30.9. The fourth-order valence-electron chi connectivity index (χ4n) is 2.74. The number of carbonyl (C=O) groups excluding carboxylic acids is 2. The molecule has 0 aliphatic carbocycles. The van der Waals surface area contributed by atoms with Gasteiger partial charge in [-0.15, -0.1) is 11.3 Å². The van der Waals surface area contributed by atoms with Crippen LogP contribution in [0.3, 0.4) is 0 Å². The van der Waals surface area contributed by atoms with Crippen LogP contribution in [0.15, 0.2) is 29.6 Å². The monoisotopic (exact) mass is 455 g/mol. The topological polar surface area (TPSA) is 62.3 Å². The number of aromatic nitrogens is 1. The molecule has 1 aromatic heterocycles. The van der Waals surface area contributed by atoms with Crippen molar-refractivity contribution in [3.05, 3.63) is 44.5 Å². The quantitative estimate of drug-likeness (QED) is 0.721. The van der Waals surface area contributed by atoms with Crippen molar-refractivity contribution < 1.29 is 9.59 Å². The number of thiazole rings is 1. The molecular formula is C17H18IN3O2S. The van der Waals surface area contributed by atoms with Crippen molar-refractivity contribution in [2.24, 2.45) is 5.92 Å². The highest BCUT2D eigenvalue weighted by Crippen LogP contribution is 2.22. The average Bonchev–Trinajstić information content (AvgIpc) is 3.00. The Labute approximate surface area is 158 Å². The van der Waals surface area contributed by atoms with E-state index in [1.54, 1.807) is 0 Å². The maximum Gasteiger partial charge on any atom is 0.253 e. The van der Waals surface area contributed by atoms with Gasteiger partial charge in [0.2, 0.25) is 5.91 Å².